The fraction of sp³-hybridized carbons (Fsp3) is 1.00. The quantitative estimate of drug-likeness (QED) is 0.533. The van der Waals surface area contributed by atoms with Crippen LogP contribution in [0, 0.1) is 0 Å². The third-order valence-electron chi connectivity index (χ3n) is 0.707. The van der Waals surface area contributed by atoms with Crippen LogP contribution < -0.4 is 11.5 Å². The van der Waals surface area contributed by atoms with Gasteiger partial charge in [0, 0.05) is 6.67 Å². The summed E-state index contributed by atoms with van der Waals surface area (Å²) in [6.45, 7) is 4.67. The lowest BCUT2D eigenvalue weighted by Gasteiger charge is -1.79. The summed E-state index contributed by atoms with van der Waals surface area (Å²) in [4.78, 5) is 0. The van der Waals surface area contributed by atoms with Gasteiger partial charge in [-0.25, -0.2) is 0 Å². The van der Waals surface area contributed by atoms with Crippen LogP contribution in [-0.4, -0.2) is 6.67 Å². The average molecular weight is 118 g/mol. The van der Waals surface area contributed by atoms with Gasteiger partial charge in [0.15, 0.2) is 0 Å². The van der Waals surface area contributed by atoms with Gasteiger partial charge >= 0.3 is 0 Å². The van der Waals surface area contributed by atoms with E-state index < -0.39 is 0 Å². The van der Waals surface area contributed by atoms with Crippen LogP contribution in [-0.2, 0) is 0 Å². The Hall–Kier alpha value is -0.0800. The lowest BCUT2D eigenvalue weighted by Crippen LogP contribution is -2.08. The minimum Gasteiger partial charge on any atom is -0.319 e. The Morgan fingerprint density at radius 1 is 1.00 bits per heavy atom. The number of unbranched alkanes of at least 4 members (excludes halogenated alkanes) is 2. The zero-order valence-corrected chi connectivity index (χ0v) is 5.98. The van der Waals surface area contributed by atoms with E-state index in [1.807, 2.05) is 0 Å². The van der Waals surface area contributed by atoms with Crippen molar-refractivity contribution in [3.05, 3.63) is 0 Å². The van der Waals surface area contributed by atoms with Gasteiger partial charge in [-0.15, -0.1) is 0 Å². The highest BCUT2D eigenvalue weighted by Crippen LogP contribution is 1.88. The predicted octanol–water partition coefficient (Wildman–Crippen LogP) is 1.06. The Balaban J connectivity index is 0. The van der Waals surface area contributed by atoms with E-state index in [1.54, 1.807) is 0 Å². The molecule has 0 saturated carbocycles. The molecule has 0 saturated heterocycles. The molecular formula is C6H18N2. The van der Waals surface area contributed by atoms with E-state index in [0.717, 1.165) is 0 Å². The topological polar surface area (TPSA) is 52.0 Å². The average Bonchev–Trinajstić information content (AvgIpc) is 1.71. The molecule has 0 bridgehead atoms. The molecule has 0 rings (SSSR count). The Morgan fingerprint density at radius 3 is 1.25 bits per heavy atom. The van der Waals surface area contributed by atoms with Crippen LogP contribution in [0.25, 0.3) is 0 Å². The summed E-state index contributed by atoms with van der Waals surface area (Å²) in [6.07, 6.45) is 4.08. The van der Waals surface area contributed by atoms with Crippen molar-refractivity contribution < 1.29 is 0 Å². The fourth-order valence-electron chi connectivity index (χ4n) is 0.354. The second kappa shape index (κ2) is 15.8. The second-order valence-electron chi connectivity index (χ2n) is 1.59. The van der Waals surface area contributed by atoms with Gasteiger partial charge in [-0.1, -0.05) is 33.1 Å². The zero-order chi connectivity index (χ0) is 6.83. The van der Waals surface area contributed by atoms with E-state index in [0.29, 0.717) is 0 Å². The molecule has 0 aromatic heterocycles. The molecule has 0 unspecified atom stereocenters. The minimum absolute atomic E-state index is 0.250. The monoisotopic (exact) mass is 118 g/mol. The van der Waals surface area contributed by atoms with Crippen molar-refractivity contribution in [2.24, 2.45) is 11.5 Å². The molecule has 0 radical (unpaired) electrons. The molecule has 52 valence electrons. The van der Waals surface area contributed by atoms with E-state index in [9.17, 15) is 0 Å². The molecule has 0 aromatic carbocycles. The van der Waals surface area contributed by atoms with Crippen molar-refractivity contribution >= 4 is 0 Å². The molecule has 0 spiro atoms. The highest BCUT2D eigenvalue weighted by molar-refractivity contribution is 4.24. The first-order chi connectivity index (χ1) is 3.83. The van der Waals surface area contributed by atoms with Gasteiger partial charge in [-0.05, 0) is 0 Å². The van der Waals surface area contributed by atoms with E-state index in [2.05, 4.69) is 25.3 Å². The first-order valence-corrected chi connectivity index (χ1v) is 3.23. The van der Waals surface area contributed by atoms with Gasteiger partial charge in [-0.2, -0.15) is 0 Å². The number of hydrogen-bond acceptors (Lipinski definition) is 2. The Labute approximate surface area is 52.2 Å². The minimum atomic E-state index is 0.250. The molecular weight excluding hydrogens is 100 g/mol. The normalized spacial score (nSPS) is 7.50. The van der Waals surface area contributed by atoms with Gasteiger partial charge in [0.25, 0.3) is 0 Å². The number of rotatable bonds is 2. The van der Waals surface area contributed by atoms with Crippen LogP contribution in [0.4, 0.5) is 0 Å². The molecule has 4 N–H and O–H groups in total. The zero-order valence-electron chi connectivity index (χ0n) is 5.98. The molecule has 0 aliphatic rings. The predicted molar refractivity (Wildman–Crippen MR) is 38.4 cm³/mol. The van der Waals surface area contributed by atoms with Crippen molar-refractivity contribution in [1.29, 1.82) is 0 Å². The maximum absolute atomic E-state index is 4.62. The summed E-state index contributed by atoms with van der Waals surface area (Å²) in [7, 11) is 0. The Kier molecular flexibility index (Phi) is 21.3. The number of nitrogens with two attached hydrogens (primary N) is 2. The van der Waals surface area contributed by atoms with Crippen molar-refractivity contribution in [2.75, 3.05) is 6.67 Å². The first kappa shape index (κ1) is 10.8. The summed E-state index contributed by atoms with van der Waals surface area (Å²) < 4.78 is 0. The van der Waals surface area contributed by atoms with E-state index in [4.69, 9.17) is 0 Å². The molecule has 2 nitrogen and oxygen atoms in total. The van der Waals surface area contributed by atoms with Crippen LogP contribution in [0.2, 0.25) is 0 Å². The molecule has 0 fully saturated rings. The SMILES string of the molecule is CCCCC.NCN. The van der Waals surface area contributed by atoms with E-state index in [-0.39, 0.29) is 6.67 Å². The summed E-state index contributed by atoms with van der Waals surface area (Å²) in [5.41, 5.74) is 9.25. The van der Waals surface area contributed by atoms with Crippen LogP contribution in [0.3, 0.4) is 0 Å². The molecule has 0 aliphatic carbocycles. The van der Waals surface area contributed by atoms with Crippen molar-refractivity contribution in [3.63, 3.8) is 0 Å². The molecule has 0 heterocycles. The summed E-state index contributed by atoms with van der Waals surface area (Å²) >= 11 is 0. The lowest BCUT2D eigenvalue weighted by molar-refractivity contribution is 0.772. The first-order valence-electron chi connectivity index (χ1n) is 3.23. The van der Waals surface area contributed by atoms with Crippen LogP contribution in [0.15, 0.2) is 0 Å². The largest absolute Gasteiger partial charge is 0.319 e. The summed E-state index contributed by atoms with van der Waals surface area (Å²) in [5.74, 6) is 0. The highest BCUT2D eigenvalue weighted by Gasteiger charge is 1.68. The van der Waals surface area contributed by atoms with Gasteiger partial charge < -0.3 is 11.5 Å². The van der Waals surface area contributed by atoms with Crippen LogP contribution in [0.5, 0.6) is 0 Å². The van der Waals surface area contributed by atoms with Gasteiger partial charge in [0.2, 0.25) is 0 Å². The van der Waals surface area contributed by atoms with Gasteiger partial charge in [0.05, 0.1) is 0 Å². The van der Waals surface area contributed by atoms with Gasteiger partial charge in [0.1, 0.15) is 0 Å². The maximum atomic E-state index is 4.62. The molecule has 0 aliphatic heterocycles. The second-order valence-corrected chi connectivity index (χ2v) is 1.59. The molecule has 0 amide bonds. The summed E-state index contributed by atoms with van der Waals surface area (Å²) in [5, 5.41) is 0. The van der Waals surface area contributed by atoms with Crippen molar-refractivity contribution in [1.82, 2.24) is 0 Å². The standard InChI is InChI=1S/C5H12.CH6N2/c1-3-5-4-2;2-1-3/h3-5H2,1-2H3;1-3H2. The molecule has 8 heavy (non-hydrogen) atoms. The number of hydrogen-bond donors (Lipinski definition) is 2. The molecule has 0 aromatic rings. The van der Waals surface area contributed by atoms with E-state index >= 15 is 0 Å². The molecule has 0 atom stereocenters. The third kappa shape index (κ3) is 38.9. The Morgan fingerprint density at radius 2 is 1.25 bits per heavy atom. The fourth-order valence-corrected chi connectivity index (χ4v) is 0.354. The van der Waals surface area contributed by atoms with Gasteiger partial charge in [-0.3, -0.25) is 0 Å². The Bertz CT molecular complexity index is 20.5. The molecule has 2 heteroatoms. The van der Waals surface area contributed by atoms with E-state index in [1.165, 1.54) is 19.3 Å². The summed E-state index contributed by atoms with van der Waals surface area (Å²) in [6, 6.07) is 0. The maximum Gasteiger partial charge on any atom is 0.0403 e. The van der Waals surface area contributed by atoms with Crippen molar-refractivity contribution in [2.45, 2.75) is 33.1 Å². The smallest absolute Gasteiger partial charge is 0.0403 e. The van der Waals surface area contributed by atoms with Crippen LogP contribution in [0.1, 0.15) is 33.1 Å². The van der Waals surface area contributed by atoms with Crippen LogP contribution >= 0.6 is 0 Å². The highest BCUT2D eigenvalue weighted by atomic mass is 14.7. The van der Waals surface area contributed by atoms with Crippen molar-refractivity contribution in [3.8, 4) is 0 Å². The lowest BCUT2D eigenvalue weighted by atomic mass is 10.3. The third-order valence-corrected chi connectivity index (χ3v) is 0.707.